The van der Waals surface area contributed by atoms with Crippen LogP contribution >= 0.6 is 11.8 Å². The molecule has 0 aliphatic heterocycles. The lowest BCUT2D eigenvalue weighted by atomic mass is 10.2. The molecule has 0 amide bonds. The molecule has 14 heavy (non-hydrogen) atoms. The Kier molecular flexibility index (Phi) is 4.98. The van der Waals surface area contributed by atoms with E-state index in [1.165, 1.54) is 17.7 Å². The molecule has 78 valence electrons. The predicted molar refractivity (Wildman–Crippen MR) is 60.5 cm³/mol. The van der Waals surface area contributed by atoms with Gasteiger partial charge in [0.15, 0.2) is 0 Å². The Bertz CT molecular complexity index is 258. The molecule has 3 heteroatoms. The van der Waals surface area contributed by atoms with E-state index in [1.54, 1.807) is 6.92 Å². The monoisotopic (exact) mass is 211 g/mol. The topological polar surface area (TPSA) is 33.1 Å². The molecule has 0 radical (unpaired) electrons. The molecular formula is C11H17NOS. The number of hydrogen-bond donors (Lipinski definition) is 1. The van der Waals surface area contributed by atoms with Crippen molar-refractivity contribution in [2.75, 3.05) is 5.75 Å². The molecule has 0 bridgehead atoms. The number of hydrogen-bond acceptors (Lipinski definition) is 3. The van der Waals surface area contributed by atoms with Crippen LogP contribution in [0.15, 0.2) is 23.2 Å². The lowest BCUT2D eigenvalue weighted by Crippen LogP contribution is -1.94. The van der Waals surface area contributed by atoms with Crippen LogP contribution in [0.4, 0.5) is 0 Å². The summed E-state index contributed by atoms with van der Waals surface area (Å²) in [5.74, 6) is 1.15. The van der Waals surface area contributed by atoms with Gasteiger partial charge >= 0.3 is 0 Å². The lowest BCUT2D eigenvalue weighted by Gasteiger charge is -2.04. The summed E-state index contributed by atoms with van der Waals surface area (Å²) in [4.78, 5) is 5.37. The zero-order valence-corrected chi connectivity index (χ0v) is 9.55. The van der Waals surface area contributed by atoms with Gasteiger partial charge in [0.05, 0.1) is 11.8 Å². The lowest BCUT2D eigenvalue weighted by molar-refractivity contribution is 0.194. The summed E-state index contributed by atoms with van der Waals surface area (Å²) in [6.07, 6.45) is 3.84. The first-order chi connectivity index (χ1) is 6.74. The molecule has 0 aromatic carbocycles. The quantitative estimate of drug-likeness (QED) is 0.600. The highest BCUT2D eigenvalue weighted by Gasteiger charge is 2.01. The smallest absolute Gasteiger partial charge is 0.0931 e. The maximum Gasteiger partial charge on any atom is 0.0931 e. The summed E-state index contributed by atoms with van der Waals surface area (Å²) in [5.41, 5.74) is 0.741. The third-order valence-corrected chi connectivity index (χ3v) is 3.02. The third-order valence-electron chi connectivity index (χ3n) is 1.95. The number of aromatic nitrogens is 1. The number of unbranched alkanes of at least 4 members (excludes halogenated alkanes) is 1. The highest BCUT2D eigenvalue weighted by atomic mass is 32.2. The van der Waals surface area contributed by atoms with E-state index in [-0.39, 0.29) is 0 Å². The van der Waals surface area contributed by atoms with E-state index in [2.05, 4.69) is 11.9 Å². The predicted octanol–water partition coefficient (Wildman–Crippen LogP) is 3.03. The van der Waals surface area contributed by atoms with Gasteiger partial charge in [0.25, 0.3) is 0 Å². The fourth-order valence-corrected chi connectivity index (χ4v) is 2.02. The summed E-state index contributed by atoms with van der Waals surface area (Å²) in [5, 5.41) is 9.26. The minimum atomic E-state index is -0.468. The molecule has 2 nitrogen and oxygen atoms in total. The van der Waals surface area contributed by atoms with Crippen LogP contribution in [0.25, 0.3) is 0 Å². The van der Waals surface area contributed by atoms with Gasteiger partial charge in [-0.1, -0.05) is 13.3 Å². The molecule has 0 aliphatic rings. The summed E-state index contributed by atoms with van der Waals surface area (Å²) < 4.78 is 0. The van der Waals surface area contributed by atoms with Crippen molar-refractivity contribution < 1.29 is 5.11 Å². The number of thioether (sulfide) groups is 1. The maximum atomic E-state index is 9.26. The molecule has 0 spiro atoms. The second-order valence-corrected chi connectivity index (χ2v) is 4.47. The van der Waals surface area contributed by atoms with Gasteiger partial charge in [-0.25, -0.2) is 0 Å². The number of aliphatic hydroxyl groups excluding tert-OH is 1. The van der Waals surface area contributed by atoms with Gasteiger partial charge in [-0.05, 0) is 31.2 Å². The zero-order valence-electron chi connectivity index (χ0n) is 8.73. The second-order valence-electron chi connectivity index (χ2n) is 3.30. The van der Waals surface area contributed by atoms with E-state index < -0.39 is 6.10 Å². The van der Waals surface area contributed by atoms with Crippen LogP contribution < -0.4 is 0 Å². The number of pyridine rings is 1. The molecule has 0 saturated carbocycles. The van der Waals surface area contributed by atoms with E-state index in [1.807, 2.05) is 30.1 Å². The molecule has 1 aromatic rings. The first-order valence-electron chi connectivity index (χ1n) is 5.01. The molecule has 1 rings (SSSR count). The molecule has 0 unspecified atom stereocenters. The molecule has 0 saturated heterocycles. The fraction of sp³-hybridized carbons (Fsp3) is 0.545. The van der Waals surface area contributed by atoms with Crippen LogP contribution in [-0.4, -0.2) is 15.8 Å². The summed E-state index contributed by atoms with van der Waals surface area (Å²) in [6.45, 7) is 3.92. The Morgan fingerprint density at radius 2 is 2.29 bits per heavy atom. The Balaban J connectivity index is 2.47. The molecule has 0 aliphatic carbocycles. The molecule has 1 atom stereocenters. The first kappa shape index (κ1) is 11.5. The largest absolute Gasteiger partial charge is 0.387 e. The molecular weight excluding hydrogens is 194 g/mol. The average Bonchev–Trinajstić information content (AvgIpc) is 2.19. The molecule has 1 heterocycles. The van der Waals surface area contributed by atoms with Crippen LogP contribution in [0.3, 0.4) is 0 Å². The van der Waals surface area contributed by atoms with Gasteiger partial charge in [-0.3, -0.25) is 4.98 Å². The van der Waals surface area contributed by atoms with Crippen molar-refractivity contribution in [2.45, 2.75) is 37.7 Å². The van der Waals surface area contributed by atoms with Crippen molar-refractivity contribution >= 4 is 11.8 Å². The summed E-state index contributed by atoms with van der Waals surface area (Å²) >= 11 is 1.82. The van der Waals surface area contributed by atoms with E-state index in [0.717, 1.165) is 11.4 Å². The van der Waals surface area contributed by atoms with Crippen molar-refractivity contribution in [3.8, 4) is 0 Å². The molecule has 1 N–H and O–H groups in total. The minimum absolute atomic E-state index is 0.468. The minimum Gasteiger partial charge on any atom is -0.387 e. The van der Waals surface area contributed by atoms with Gasteiger partial charge in [0.1, 0.15) is 0 Å². The Morgan fingerprint density at radius 3 is 2.79 bits per heavy atom. The van der Waals surface area contributed by atoms with Crippen LogP contribution in [0.5, 0.6) is 0 Å². The first-order valence-corrected chi connectivity index (χ1v) is 5.99. The van der Waals surface area contributed by atoms with E-state index >= 15 is 0 Å². The van der Waals surface area contributed by atoms with Crippen molar-refractivity contribution in [1.82, 2.24) is 4.98 Å². The van der Waals surface area contributed by atoms with Gasteiger partial charge in [-0.15, -0.1) is 11.8 Å². The fourth-order valence-electron chi connectivity index (χ4n) is 1.06. The van der Waals surface area contributed by atoms with Crippen LogP contribution in [0.2, 0.25) is 0 Å². The van der Waals surface area contributed by atoms with Gasteiger partial charge in [-0.2, -0.15) is 0 Å². The van der Waals surface area contributed by atoms with Crippen molar-refractivity contribution in [3.63, 3.8) is 0 Å². The van der Waals surface area contributed by atoms with Gasteiger partial charge in [0.2, 0.25) is 0 Å². The van der Waals surface area contributed by atoms with Crippen molar-refractivity contribution in [3.05, 3.63) is 24.0 Å². The highest BCUT2D eigenvalue weighted by Crippen LogP contribution is 2.19. The number of nitrogens with zero attached hydrogens (tertiary/aromatic N) is 1. The van der Waals surface area contributed by atoms with Crippen LogP contribution in [0, 0.1) is 0 Å². The molecule has 1 aromatic heterocycles. The van der Waals surface area contributed by atoms with E-state index in [9.17, 15) is 5.11 Å². The van der Waals surface area contributed by atoms with Crippen LogP contribution in [0.1, 0.15) is 38.5 Å². The second kappa shape index (κ2) is 6.04. The van der Waals surface area contributed by atoms with Crippen molar-refractivity contribution in [2.24, 2.45) is 0 Å². The normalized spacial score (nSPS) is 12.8. The van der Waals surface area contributed by atoms with E-state index in [4.69, 9.17) is 0 Å². The molecule has 0 fully saturated rings. The summed E-state index contributed by atoms with van der Waals surface area (Å²) in [6, 6.07) is 3.91. The van der Waals surface area contributed by atoms with E-state index in [0.29, 0.717) is 0 Å². The van der Waals surface area contributed by atoms with Crippen molar-refractivity contribution in [1.29, 1.82) is 0 Å². The Labute approximate surface area is 89.8 Å². The number of rotatable bonds is 5. The average molecular weight is 211 g/mol. The Hall–Kier alpha value is -0.540. The van der Waals surface area contributed by atoms with Gasteiger partial charge in [0, 0.05) is 11.1 Å². The zero-order chi connectivity index (χ0) is 10.4. The third kappa shape index (κ3) is 3.68. The maximum absolute atomic E-state index is 9.26. The Morgan fingerprint density at radius 1 is 1.50 bits per heavy atom. The number of aliphatic hydroxyl groups is 1. The van der Waals surface area contributed by atoms with Gasteiger partial charge < -0.3 is 5.11 Å². The van der Waals surface area contributed by atoms with Crippen LogP contribution in [-0.2, 0) is 0 Å². The SMILES string of the molecule is CCCCSc1ccc([C@H](C)O)nc1. The highest BCUT2D eigenvalue weighted by molar-refractivity contribution is 7.99. The summed E-state index contributed by atoms with van der Waals surface area (Å²) in [7, 11) is 0. The standard InChI is InChI=1S/C11H17NOS/c1-3-4-7-14-10-5-6-11(9(2)13)12-8-10/h5-6,8-9,13H,3-4,7H2,1-2H3/t9-/m0/s1.